The summed E-state index contributed by atoms with van der Waals surface area (Å²) in [6.45, 7) is 2.68. The van der Waals surface area contributed by atoms with Crippen molar-refractivity contribution in [2.45, 2.75) is 19.1 Å². The molecule has 1 aromatic rings. The molecule has 1 aromatic heterocycles. The van der Waals surface area contributed by atoms with Gasteiger partial charge in [0.15, 0.2) is 5.69 Å². The van der Waals surface area contributed by atoms with Crippen molar-refractivity contribution in [2.24, 2.45) is 7.05 Å². The van der Waals surface area contributed by atoms with Gasteiger partial charge in [-0.3, -0.25) is 4.79 Å². The second-order valence-electron chi connectivity index (χ2n) is 4.81. The van der Waals surface area contributed by atoms with Crippen LogP contribution in [0, 0.1) is 10.1 Å². The van der Waals surface area contributed by atoms with Crippen LogP contribution in [0.3, 0.4) is 0 Å². The Bertz CT molecular complexity index is 531. The number of hydrogen-bond acceptors (Lipinski definition) is 4. The van der Waals surface area contributed by atoms with Crippen molar-refractivity contribution < 1.29 is 14.5 Å². The third kappa shape index (κ3) is 2.64. The maximum absolute atomic E-state index is 12.5. The molecule has 2 heterocycles. The highest BCUT2D eigenvalue weighted by atomic mass is 35.5. The monoisotopic (exact) mass is 301 g/mol. The molecule has 0 spiro atoms. The number of amides is 1. The highest BCUT2D eigenvalue weighted by Gasteiger charge is 2.33. The molecule has 1 saturated heterocycles. The molecule has 1 aliphatic heterocycles. The second-order valence-corrected chi connectivity index (χ2v) is 5.12. The molecular weight excluding hydrogens is 286 g/mol. The summed E-state index contributed by atoms with van der Waals surface area (Å²) >= 11 is 5.76. The highest BCUT2D eigenvalue weighted by molar-refractivity contribution is 6.18. The quantitative estimate of drug-likeness (QED) is 0.480. The smallest absolute Gasteiger partial charge is 0.323 e. The lowest BCUT2D eigenvalue weighted by Crippen LogP contribution is -2.51. The fraction of sp³-hybridized carbons (Fsp3) is 0.583. The van der Waals surface area contributed by atoms with Crippen LogP contribution in [0.2, 0.25) is 0 Å². The Morgan fingerprint density at radius 2 is 2.30 bits per heavy atom. The number of halogens is 1. The molecule has 0 saturated carbocycles. The van der Waals surface area contributed by atoms with Gasteiger partial charge in [-0.1, -0.05) is 0 Å². The largest absolute Gasteiger partial charge is 0.373 e. The van der Waals surface area contributed by atoms with E-state index in [4.69, 9.17) is 16.3 Å². The van der Waals surface area contributed by atoms with E-state index in [0.717, 1.165) is 0 Å². The normalized spacial score (nSPS) is 22.9. The molecule has 0 aromatic carbocycles. The van der Waals surface area contributed by atoms with Gasteiger partial charge in [0.1, 0.15) is 0 Å². The molecule has 0 bridgehead atoms. The molecule has 110 valence electrons. The Morgan fingerprint density at radius 3 is 2.85 bits per heavy atom. The zero-order valence-electron chi connectivity index (χ0n) is 11.3. The zero-order valence-corrected chi connectivity index (χ0v) is 12.0. The van der Waals surface area contributed by atoms with Crippen LogP contribution in [0.1, 0.15) is 17.4 Å². The van der Waals surface area contributed by atoms with Gasteiger partial charge in [-0.25, -0.2) is 4.57 Å². The minimum atomic E-state index is -0.513. The van der Waals surface area contributed by atoms with Crippen LogP contribution in [0.4, 0.5) is 5.82 Å². The summed E-state index contributed by atoms with van der Waals surface area (Å²) in [4.78, 5) is 24.5. The Hall–Kier alpha value is -1.60. The molecule has 0 N–H and O–H groups in total. The molecule has 0 radical (unpaired) electrons. The van der Waals surface area contributed by atoms with E-state index in [0.29, 0.717) is 24.7 Å². The molecule has 20 heavy (non-hydrogen) atoms. The predicted octanol–water partition coefficient (Wildman–Crippen LogP) is 1.40. The topological polar surface area (TPSA) is 77.6 Å². The summed E-state index contributed by atoms with van der Waals surface area (Å²) in [6.07, 6.45) is -0.202. The molecule has 1 aliphatic rings. The van der Waals surface area contributed by atoms with Gasteiger partial charge in [-0.15, -0.1) is 11.6 Å². The SMILES string of the molecule is CC1COC(CCl)CN1C(=O)c1ccc([N+](=O)[O-])n1C. The summed E-state index contributed by atoms with van der Waals surface area (Å²) in [5.41, 5.74) is 0.291. The van der Waals surface area contributed by atoms with Crippen molar-refractivity contribution in [3.8, 4) is 0 Å². The van der Waals surface area contributed by atoms with Crippen molar-refractivity contribution in [2.75, 3.05) is 19.0 Å². The summed E-state index contributed by atoms with van der Waals surface area (Å²) in [5.74, 6) is -0.0428. The predicted molar refractivity (Wildman–Crippen MR) is 73.0 cm³/mol. The minimum absolute atomic E-state index is 0.0871. The number of aromatic nitrogens is 1. The van der Waals surface area contributed by atoms with Crippen molar-refractivity contribution in [3.05, 3.63) is 27.9 Å². The Balaban J connectivity index is 2.24. The Labute approximate surface area is 121 Å². The molecule has 2 atom stereocenters. The summed E-state index contributed by atoms with van der Waals surface area (Å²) in [7, 11) is 1.51. The number of rotatable bonds is 3. The van der Waals surface area contributed by atoms with Crippen LogP contribution >= 0.6 is 11.6 Å². The lowest BCUT2D eigenvalue weighted by atomic mass is 10.2. The summed E-state index contributed by atoms with van der Waals surface area (Å²) in [5, 5.41) is 10.8. The van der Waals surface area contributed by atoms with Gasteiger partial charge in [-0.05, 0) is 17.9 Å². The first-order valence-corrected chi connectivity index (χ1v) is 6.77. The first kappa shape index (κ1) is 14.8. The van der Waals surface area contributed by atoms with E-state index in [-0.39, 0.29) is 23.9 Å². The fourth-order valence-electron chi connectivity index (χ4n) is 2.24. The van der Waals surface area contributed by atoms with E-state index in [2.05, 4.69) is 0 Å². The maximum Gasteiger partial charge on any atom is 0.323 e. The van der Waals surface area contributed by atoms with E-state index in [9.17, 15) is 14.9 Å². The first-order chi connectivity index (χ1) is 9.45. The molecule has 2 rings (SSSR count). The van der Waals surface area contributed by atoms with Crippen LogP contribution in [-0.2, 0) is 11.8 Å². The average molecular weight is 302 g/mol. The van der Waals surface area contributed by atoms with Crippen molar-refractivity contribution in [1.29, 1.82) is 0 Å². The van der Waals surface area contributed by atoms with E-state index in [1.165, 1.54) is 23.7 Å². The zero-order chi connectivity index (χ0) is 14.9. The van der Waals surface area contributed by atoms with Gasteiger partial charge in [0.25, 0.3) is 5.91 Å². The number of ether oxygens (including phenoxy) is 1. The second kappa shape index (κ2) is 5.80. The molecule has 1 fully saturated rings. The van der Waals surface area contributed by atoms with Gasteiger partial charge < -0.3 is 19.8 Å². The lowest BCUT2D eigenvalue weighted by molar-refractivity contribution is -0.391. The van der Waals surface area contributed by atoms with E-state index in [1.807, 2.05) is 6.92 Å². The number of morpholine rings is 1. The van der Waals surface area contributed by atoms with Crippen LogP contribution in [-0.4, -0.2) is 51.5 Å². The van der Waals surface area contributed by atoms with Gasteiger partial charge in [0, 0.05) is 12.6 Å². The van der Waals surface area contributed by atoms with Crippen LogP contribution in [0.5, 0.6) is 0 Å². The van der Waals surface area contributed by atoms with E-state index < -0.39 is 4.92 Å². The van der Waals surface area contributed by atoms with Crippen LogP contribution in [0.15, 0.2) is 12.1 Å². The molecule has 7 nitrogen and oxygen atoms in total. The number of nitro groups is 1. The fourth-order valence-corrected chi connectivity index (χ4v) is 2.43. The maximum atomic E-state index is 12.5. The van der Waals surface area contributed by atoms with Crippen molar-refractivity contribution >= 4 is 23.3 Å². The van der Waals surface area contributed by atoms with Crippen LogP contribution < -0.4 is 0 Å². The molecule has 8 heteroatoms. The number of carbonyl (C=O) groups excluding carboxylic acids is 1. The summed E-state index contributed by atoms with van der Waals surface area (Å²) < 4.78 is 6.78. The standard InChI is InChI=1S/C12H16ClN3O4/c1-8-7-20-9(5-13)6-15(8)12(17)10-3-4-11(14(10)2)16(18)19/h3-4,8-9H,5-7H2,1-2H3. The average Bonchev–Trinajstić information content (AvgIpc) is 2.80. The molecular formula is C12H16ClN3O4. The third-order valence-electron chi connectivity index (χ3n) is 3.44. The van der Waals surface area contributed by atoms with Gasteiger partial charge in [-0.2, -0.15) is 0 Å². The van der Waals surface area contributed by atoms with Crippen molar-refractivity contribution in [3.63, 3.8) is 0 Å². The first-order valence-electron chi connectivity index (χ1n) is 6.24. The highest BCUT2D eigenvalue weighted by Crippen LogP contribution is 2.20. The lowest BCUT2D eigenvalue weighted by Gasteiger charge is -2.36. The number of carbonyl (C=O) groups is 1. The van der Waals surface area contributed by atoms with Gasteiger partial charge in [0.05, 0.1) is 31.7 Å². The minimum Gasteiger partial charge on any atom is -0.373 e. The Kier molecular flexibility index (Phi) is 4.29. The van der Waals surface area contributed by atoms with Crippen LogP contribution in [0.25, 0.3) is 0 Å². The number of nitrogens with zero attached hydrogens (tertiary/aromatic N) is 3. The number of alkyl halides is 1. The Morgan fingerprint density at radius 1 is 1.60 bits per heavy atom. The third-order valence-corrected chi connectivity index (χ3v) is 3.78. The van der Waals surface area contributed by atoms with E-state index in [1.54, 1.807) is 4.90 Å². The molecule has 1 amide bonds. The van der Waals surface area contributed by atoms with Gasteiger partial charge in [0.2, 0.25) is 0 Å². The van der Waals surface area contributed by atoms with E-state index >= 15 is 0 Å². The number of hydrogen-bond donors (Lipinski definition) is 0. The summed E-state index contributed by atoms with van der Waals surface area (Å²) in [6, 6.07) is 2.71. The molecule has 0 aliphatic carbocycles. The molecule has 2 unspecified atom stereocenters. The van der Waals surface area contributed by atoms with Gasteiger partial charge >= 0.3 is 5.82 Å². The van der Waals surface area contributed by atoms with Crippen molar-refractivity contribution in [1.82, 2.24) is 9.47 Å².